The Bertz CT molecular complexity index is 657. The molecule has 1 aliphatic carbocycles. The minimum atomic E-state index is -0.0922. The first-order chi connectivity index (χ1) is 12.7. The Labute approximate surface area is 155 Å². The smallest absolute Gasteiger partial charge is 0.251 e. The van der Waals surface area contributed by atoms with Gasteiger partial charge in [-0.05, 0) is 43.9 Å². The minimum absolute atomic E-state index is 0.0922. The molecule has 0 radical (unpaired) electrons. The molecule has 1 saturated carbocycles. The van der Waals surface area contributed by atoms with Crippen LogP contribution in [0.3, 0.4) is 0 Å². The molecule has 0 unspecified atom stereocenters. The van der Waals surface area contributed by atoms with Crippen LogP contribution in [0.15, 0.2) is 18.2 Å². The van der Waals surface area contributed by atoms with Crippen LogP contribution in [0, 0.1) is 12.3 Å². The van der Waals surface area contributed by atoms with E-state index in [1.165, 1.54) is 0 Å². The number of carbonyl (C=O) groups excluding carboxylic acids is 1. The van der Waals surface area contributed by atoms with E-state index in [1.54, 1.807) is 18.2 Å². The number of terminal acetylenes is 1. The van der Waals surface area contributed by atoms with Gasteiger partial charge in [0.25, 0.3) is 5.91 Å². The summed E-state index contributed by atoms with van der Waals surface area (Å²) in [6.45, 7) is 3.83. The first kappa shape index (κ1) is 18.6. The molecule has 1 aliphatic heterocycles. The lowest BCUT2D eigenvalue weighted by atomic mass is 9.89. The second-order valence-electron chi connectivity index (χ2n) is 6.87. The Morgan fingerprint density at radius 3 is 2.73 bits per heavy atom. The van der Waals surface area contributed by atoms with Crippen LogP contribution >= 0.6 is 0 Å². The molecule has 0 bridgehead atoms. The number of amides is 1. The van der Waals surface area contributed by atoms with Crippen molar-refractivity contribution in [3.05, 3.63) is 23.8 Å². The highest BCUT2D eigenvalue weighted by Gasteiger charge is 2.27. The van der Waals surface area contributed by atoms with Gasteiger partial charge in [-0.3, -0.25) is 9.69 Å². The molecule has 2 fully saturated rings. The van der Waals surface area contributed by atoms with Crippen molar-refractivity contribution in [1.82, 2.24) is 10.2 Å². The van der Waals surface area contributed by atoms with Crippen molar-refractivity contribution in [1.29, 1.82) is 0 Å². The summed E-state index contributed by atoms with van der Waals surface area (Å²) in [5.41, 5.74) is 6.88. The summed E-state index contributed by atoms with van der Waals surface area (Å²) < 4.78 is 10.8. The molecule has 1 aromatic rings. The zero-order chi connectivity index (χ0) is 18.4. The second kappa shape index (κ2) is 8.93. The van der Waals surface area contributed by atoms with Crippen LogP contribution < -0.4 is 15.8 Å². The van der Waals surface area contributed by atoms with Crippen LogP contribution in [0.2, 0.25) is 0 Å². The molecule has 0 spiro atoms. The number of nitrogens with two attached hydrogens (primary N) is 1. The van der Waals surface area contributed by atoms with E-state index in [1.807, 2.05) is 0 Å². The molecular formula is C20H27N3O3. The van der Waals surface area contributed by atoms with Gasteiger partial charge in [-0.2, -0.15) is 0 Å². The highest BCUT2D eigenvalue weighted by Crippen LogP contribution is 2.25. The summed E-state index contributed by atoms with van der Waals surface area (Å²) in [6, 6.07) is 5.88. The van der Waals surface area contributed by atoms with E-state index in [0.717, 1.165) is 52.0 Å². The highest BCUT2D eigenvalue weighted by molar-refractivity contribution is 5.95. The molecule has 2 aliphatic rings. The number of hydrogen-bond acceptors (Lipinski definition) is 5. The summed E-state index contributed by atoms with van der Waals surface area (Å²) >= 11 is 0. The zero-order valence-corrected chi connectivity index (χ0v) is 15.1. The van der Waals surface area contributed by atoms with Gasteiger partial charge in [-0.1, -0.05) is 5.92 Å². The largest absolute Gasteiger partial charge is 0.479 e. The normalized spacial score (nSPS) is 23.8. The van der Waals surface area contributed by atoms with Gasteiger partial charge in [-0.15, -0.1) is 6.42 Å². The number of rotatable bonds is 5. The maximum absolute atomic E-state index is 12.6. The monoisotopic (exact) mass is 357 g/mol. The summed E-state index contributed by atoms with van der Waals surface area (Å²) in [5, 5.41) is 3.14. The van der Waals surface area contributed by atoms with Crippen molar-refractivity contribution >= 4 is 11.6 Å². The molecular weight excluding hydrogens is 330 g/mol. The van der Waals surface area contributed by atoms with Gasteiger partial charge >= 0.3 is 0 Å². The third kappa shape index (κ3) is 4.69. The van der Waals surface area contributed by atoms with Gasteiger partial charge in [0, 0.05) is 30.7 Å². The maximum atomic E-state index is 12.6. The molecule has 1 saturated heterocycles. The molecule has 0 atom stereocenters. The van der Waals surface area contributed by atoms with E-state index < -0.39 is 0 Å². The van der Waals surface area contributed by atoms with Crippen molar-refractivity contribution in [2.24, 2.45) is 0 Å². The molecule has 26 heavy (non-hydrogen) atoms. The lowest BCUT2D eigenvalue weighted by Gasteiger charge is -2.38. The summed E-state index contributed by atoms with van der Waals surface area (Å²) in [6.07, 6.45) is 9.44. The van der Waals surface area contributed by atoms with E-state index in [-0.39, 0.29) is 18.6 Å². The van der Waals surface area contributed by atoms with Gasteiger partial charge in [0.15, 0.2) is 0 Å². The first-order valence-electron chi connectivity index (χ1n) is 9.26. The van der Waals surface area contributed by atoms with E-state index in [4.69, 9.17) is 21.6 Å². The number of ether oxygens (including phenoxy) is 2. The molecule has 0 aromatic heterocycles. The Kier molecular flexibility index (Phi) is 6.37. The maximum Gasteiger partial charge on any atom is 0.251 e. The van der Waals surface area contributed by atoms with Crippen LogP contribution in [0.5, 0.6) is 5.75 Å². The Morgan fingerprint density at radius 1 is 1.31 bits per heavy atom. The minimum Gasteiger partial charge on any atom is -0.479 e. The SMILES string of the molecule is C#CCOc1cc(C(=O)NC2CCC(N3CCOCC3)CC2)ccc1N. The quantitative estimate of drug-likeness (QED) is 0.619. The number of nitrogen functional groups attached to an aromatic ring is 1. The molecule has 1 heterocycles. The van der Waals surface area contributed by atoms with Crippen molar-refractivity contribution in [2.45, 2.75) is 37.8 Å². The number of hydrogen-bond donors (Lipinski definition) is 2. The Morgan fingerprint density at radius 2 is 2.04 bits per heavy atom. The van der Waals surface area contributed by atoms with Crippen molar-refractivity contribution in [3.8, 4) is 18.1 Å². The molecule has 1 amide bonds. The van der Waals surface area contributed by atoms with Crippen LogP contribution in [0.25, 0.3) is 0 Å². The highest BCUT2D eigenvalue weighted by atomic mass is 16.5. The summed E-state index contributed by atoms with van der Waals surface area (Å²) in [7, 11) is 0. The van der Waals surface area contributed by atoms with E-state index in [9.17, 15) is 4.79 Å². The third-order valence-electron chi connectivity index (χ3n) is 5.18. The average Bonchev–Trinajstić information content (AvgIpc) is 2.68. The first-order valence-corrected chi connectivity index (χ1v) is 9.26. The molecule has 6 heteroatoms. The lowest BCUT2D eigenvalue weighted by molar-refractivity contribution is 0.00664. The predicted octanol–water partition coefficient (Wildman–Crippen LogP) is 1.65. The van der Waals surface area contributed by atoms with Crippen LogP contribution in [0.1, 0.15) is 36.0 Å². The number of nitrogens with zero attached hydrogens (tertiary/aromatic N) is 1. The Hall–Kier alpha value is -2.23. The lowest BCUT2D eigenvalue weighted by Crippen LogP contribution is -2.47. The fourth-order valence-electron chi connectivity index (χ4n) is 3.72. The van der Waals surface area contributed by atoms with Crippen LogP contribution in [0.4, 0.5) is 5.69 Å². The van der Waals surface area contributed by atoms with E-state index in [2.05, 4.69) is 16.1 Å². The molecule has 1 aromatic carbocycles. The molecule has 6 nitrogen and oxygen atoms in total. The van der Waals surface area contributed by atoms with Crippen molar-refractivity contribution in [2.75, 3.05) is 38.6 Å². The molecule has 3 N–H and O–H groups in total. The average molecular weight is 357 g/mol. The third-order valence-corrected chi connectivity index (χ3v) is 5.18. The van der Waals surface area contributed by atoms with Crippen LogP contribution in [-0.2, 0) is 4.74 Å². The number of anilines is 1. The second-order valence-corrected chi connectivity index (χ2v) is 6.87. The Balaban J connectivity index is 1.52. The fraction of sp³-hybridized carbons (Fsp3) is 0.550. The number of morpholine rings is 1. The topological polar surface area (TPSA) is 76.8 Å². The van der Waals surface area contributed by atoms with E-state index >= 15 is 0 Å². The number of nitrogens with one attached hydrogen (secondary N) is 1. The van der Waals surface area contributed by atoms with Gasteiger partial charge in [0.2, 0.25) is 0 Å². The van der Waals surface area contributed by atoms with Gasteiger partial charge in [0.1, 0.15) is 12.4 Å². The van der Waals surface area contributed by atoms with Gasteiger partial charge in [-0.25, -0.2) is 0 Å². The number of carbonyl (C=O) groups is 1. The van der Waals surface area contributed by atoms with Gasteiger partial charge in [0.05, 0.1) is 18.9 Å². The molecule has 140 valence electrons. The summed E-state index contributed by atoms with van der Waals surface area (Å²) in [4.78, 5) is 15.1. The zero-order valence-electron chi connectivity index (χ0n) is 15.1. The van der Waals surface area contributed by atoms with E-state index in [0.29, 0.717) is 23.0 Å². The summed E-state index contributed by atoms with van der Waals surface area (Å²) in [5.74, 6) is 2.76. The standard InChI is InChI=1S/C20H27N3O3/c1-2-11-26-19-14-15(3-8-18(19)21)20(24)22-16-4-6-17(7-5-16)23-9-12-25-13-10-23/h1,3,8,14,16-17H,4-7,9-13,21H2,(H,22,24). The van der Waals surface area contributed by atoms with Gasteiger partial charge < -0.3 is 20.5 Å². The van der Waals surface area contributed by atoms with Crippen molar-refractivity contribution < 1.29 is 14.3 Å². The number of benzene rings is 1. The van der Waals surface area contributed by atoms with Crippen LogP contribution in [-0.4, -0.2) is 55.8 Å². The predicted molar refractivity (Wildman–Crippen MR) is 101 cm³/mol. The molecule has 3 rings (SSSR count). The van der Waals surface area contributed by atoms with Crippen molar-refractivity contribution in [3.63, 3.8) is 0 Å². The fourth-order valence-corrected chi connectivity index (χ4v) is 3.72.